The molecule has 0 amide bonds. The number of hydrogen-bond acceptors (Lipinski definition) is 9. The number of anilines is 1. The van der Waals surface area contributed by atoms with E-state index >= 15 is 0 Å². The Bertz CT molecular complexity index is 3720. The number of nitrogens with zero attached hydrogens (tertiary/aromatic N) is 3. The third-order valence-electron chi connectivity index (χ3n) is 14.9. The highest BCUT2D eigenvalue weighted by Crippen LogP contribution is 2.39. The molecule has 8 aromatic rings. The average molecular weight is 994 g/mol. The third kappa shape index (κ3) is 10.3. The molecular formula is C67H55N5O4. The van der Waals surface area contributed by atoms with Crippen LogP contribution in [0.3, 0.4) is 0 Å². The molecule has 4 atom stereocenters. The van der Waals surface area contributed by atoms with Crippen molar-refractivity contribution < 1.29 is 19.2 Å². The van der Waals surface area contributed by atoms with E-state index in [9.17, 15) is 24.4 Å². The number of nitrogens with two attached hydrogens (primary N) is 1. The average Bonchev–Trinajstić information content (AvgIpc) is 4.17. The molecule has 9 nitrogen and oxygen atoms in total. The van der Waals surface area contributed by atoms with Gasteiger partial charge in [-0.15, -0.1) is 0 Å². The van der Waals surface area contributed by atoms with E-state index in [4.69, 9.17) is 16.4 Å². The molecule has 76 heavy (non-hydrogen) atoms. The van der Waals surface area contributed by atoms with E-state index < -0.39 is 0 Å². The Morgan fingerprint density at radius 1 is 0.368 bits per heavy atom. The maximum atomic E-state index is 12.1. The molecule has 0 saturated carbocycles. The maximum absolute atomic E-state index is 12.1. The van der Waals surface area contributed by atoms with Gasteiger partial charge in [-0.05, 0) is 135 Å². The molecule has 4 unspecified atom stereocenters. The van der Waals surface area contributed by atoms with Crippen molar-refractivity contribution in [3.63, 3.8) is 0 Å². The Balaban J connectivity index is 0.000000124. The lowest BCUT2D eigenvalue weighted by atomic mass is 9.93. The van der Waals surface area contributed by atoms with Crippen molar-refractivity contribution >= 4 is 28.8 Å². The molecule has 0 aromatic heterocycles. The Morgan fingerprint density at radius 3 is 1.14 bits per heavy atom. The van der Waals surface area contributed by atoms with Gasteiger partial charge in [-0.25, -0.2) is 0 Å². The molecule has 0 heterocycles. The monoisotopic (exact) mass is 993 g/mol. The van der Waals surface area contributed by atoms with Crippen molar-refractivity contribution in [3.05, 3.63) is 231 Å². The van der Waals surface area contributed by atoms with Gasteiger partial charge in [0.25, 0.3) is 0 Å². The van der Waals surface area contributed by atoms with Gasteiger partial charge in [-0.3, -0.25) is 25.0 Å². The van der Waals surface area contributed by atoms with E-state index in [0.717, 1.165) is 115 Å². The number of carbonyl (C=O) groups excluding carboxylic acids is 4. The summed E-state index contributed by atoms with van der Waals surface area (Å²) in [7, 11) is 0. The predicted octanol–water partition coefficient (Wildman–Crippen LogP) is 13.8. The van der Waals surface area contributed by atoms with Gasteiger partial charge in [0, 0.05) is 51.6 Å². The third-order valence-corrected chi connectivity index (χ3v) is 14.9. The topological polar surface area (TPSA) is 178 Å². The van der Waals surface area contributed by atoms with Gasteiger partial charge in [0.1, 0.15) is 0 Å². The summed E-state index contributed by atoms with van der Waals surface area (Å²) in [5.41, 5.74) is 21.8. The van der Waals surface area contributed by atoms with Crippen LogP contribution in [0.15, 0.2) is 170 Å². The fraction of sp³-hybridized carbons (Fsp3) is 0.179. The first kappa shape index (κ1) is 51.6. The lowest BCUT2D eigenvalue weighted by Crippen LogP contribution is -2.06. The summed E-state index contributed by atoms with van der Waals surface area (Å²) in [6.07, 6.45) is 3.21. The van der Waals surface area contributed by atoms with Crippen molar-refractivity contribution in [2.24, 2.45) is 29.5 Å². The van der Waals surface area contributed by atoms with Crippen LogP contribution in [0.5, 0.6) is 0 Å². The standard InChI is InChI=1S/3C17H13NO.C16H16N2O/c1-11-8-16-14(6-3-7-15(16)17(11)19)13-5-2-4-12(9-13)10-18;1-11-9-16-14(7-4-8-15(16)17(11)19)13-6-3-2-5-12(13)10-18;1-11-9-16-14(3-2-4-15(16)17(11)19)13-7-5-12(10-18)6-8-13;1-10-9-15-13(3-2-4-14(15)16(10)19)11-5-7-12(18-17)8-6-11/h2-7,9,11H,8H2,1H3;2*2-8,11H,9H2,1H3;2-8,10,18H,9,17H2,1H3. The molecule has 12 rings (SSSR count). The SMILES string of the molecule is CC1Cc2c(cccc2-c2ccc(C#N)cc2)C1=O.CC1Cc2c(cccc2-c2ccc(NN)cc2)C1=O.CC1Cc2c(cccc2-c2cccc(C#N)c2)C1=O.CC1Cc2c(cccc2-c2ccccc2C#N)C1=O. The number of hydrogen-bond donors (Lipinski definition) is 2. The normalized spacial score (nSPS) is 17.1. The quantitative estimate of drug-likeness (QED) is 0.125. The van der Waals surface area contributed by atoms with Crippen LogP contribution in [0.25, 0.3) is 44.5 Å². The van der Waals surface area contributed by atoms with E-state index in [2.05, 4.69) is 29.7 Å². The Hall–Kier alpha value is -9.33. The van der Waals surface area contributed by atoms with Crippen molar-refractivity contribution in [2.75, 3.05) is 5.43 Å². The van der Waals surface area contributed by atoms with Gasteiger partial charge in [0.15, 0.2) is 23.1 Å². The Labute approximate surface area is 443 Å². The number of rotatable bonds is 5. The number of hydrazine groups is 1. The second-order valence-electron chi connectivity index (χ2n) is 20.0. The molecule has 8 aromatic carbocycles. The van der Waals surface area contributed by atoms with Crippen LogP contribution in [-0.4, -0.2) is 23.1 Å². The van der Waals surface area contributed by atoms with E-state index in [-0.39, 0.29) is 46.8 Å². The zero-order valence-corrected chi connectivity index (χ0v) is 42.9. The summed E-state index contributed by atoms with van der Waals surface area (Å²) in [4.78, 5) is 48.2. The Morgan fingerprint density at radius 2 is 0.724 bits per heavy atom. The number of nitrogens with one attached hydrogen (secondary N) is 1. The van der Waals surface area contributed by atoms with Gasteiger partial charge in [0.2, 0.25) is 0 Å². The molecule has 0 radical (unpaired) electrons. The second kappa shape index (κ2) is 22.4. The van der Waals surface area contributed by atoms with Gasteiger partial charge in [-0.2, -0.15) is 15.8 Å². The molecule has 4 aliphatic carbocycles. The van der Waals surface area contributed by atoms with Crippen LogP contribution < -0.4 is 11.3 Å². The zero-order valence-electron chi connectivity index (χ0n) is 42.9. The van der Waals surface area contributed by atoms with E-state index in [1.54, 1.807) is 6.07 Å². The minimum absolute atomic E-state index is 0.0467. The molecule has 372 valence electrons. The van der Waals surface area contributed by atoms with Crippen molar-refractivity contribution in [1.82, 2.24) is 0 Å². The first-order chi connectivity index (χ1) is 36.8. The van der Waals surface area contributed by atoms with Crippen LogP contribution in [0.2, 0.25) is 0 Å². The summed E-state index contributed by atoms with van der Waals surface area (Å²) in [6.45, 7) is 7.90. The lowest BCUT2D eigenvalue weighted by molar-refractivity contribution is 0.0939. The maximum Gasteiger partial charge on any atom is 0.166 e. The van der Waals surface area contributed by atoms with Crippen molar-refractivity contribution in [3.8, 4) is 62.7 Å². The lowest BCUT2D eigenvalue weighted by Gasteiger charge is -2.09. The number of nitrogen functional groups attached to an aromatic ring is 1. The van der Waals surface area contributed by atoms with Crippen LogP contribution in [0.1, 0.15) is 108 Å². The molecule has 9 heteroatoms. The molecule has 0 fully saturated rings. The number of ketones is 4. The molecule has 0 saturated heterocycles. The van der Waals surface area contributed by atoms with Crippen LogP contribution in [-0.2, 0) is 25.7 Å². The number of Topliss-reactive ketones (excluding diaryl/α,β-unsaturated/α-hetero) is 4. The predicted molar refractivity (Wildman–Crippen MR) is 298 cm³/mol. The smallest absolute Gasteiger partial charge is 0.166 e. The molecule has 0 bridgehead atoms. The van der Waals surface area contributed by atoms with Crippen molar-refractivity contribution in [1.29, 1.82) is 15.8 Å². The minimum Gasteiger partial charge on any atom is -0.324 e. The summed E-state index contributed by atoms with van der Waals surface area (Å²) in [6, 6.07) is 60.5. The number of fused-ring (bicyclic) bond motifs is 4. The van der Waals surface area contributed by atoms with Gasteiger partial charge >= 0.3 is 0 Å². The summed E-state index contributed by atoms with van der Waals surface area (Å²) in [5.74, 6) is 6.61. The van der Waals surface area contributed by atoms with E-state index in [0.29, 0.717) is 16.7 Å². The van der Waals surface area contributed by atoms with Crippen LogP contribution in [0, 0.1) is 57.7 Å². The second-order valence-corrected chi connectivity index (χ2v) is 20.0. The van der Waals surface area contributed by atoms with Crippen molar-refractivity contribution in [2.45, 2.75) is 53.4 Å². The zero-order chi connectivity index (χ0) is 53.6. The highest BCUT2D eigenvalue weighted by Gasteiger charge is 2.32. The van der Waals surface area contributed by atoms with Gasteiger partial charge in [0.05, 0.1) is 34.9 Å². The molecule has 0 spiro atoms. The first-order valence-electron chi connectivity index (χ1n) is 25.6. The fourth-order valence-electron chi connectivity index (χ4n) is 10.9. The van der Waals surface area contributed by atoms with Gasteiger partial charge in [-0.1, -0.05) is 155 Å². The van der Waals surface area contributed by atoms with E-state index in [1.807, 2.05) is 185 Å². The highest BCUT2D eigenvalue weighted by molar-refractivity contribution is 6.06. The van der Waals surface area contributed by atoms with Gasteiger partial charge < -0.3 is 5.43 Å². The summed E-state index contributed by atoms with van der Waals surface area (Å²) in [5, 5.41) is 27.0. The molecule has 3 N–H and O–H groups in total. The highest BCUT2D eigenvalue weighted by atomic mass is 16.1. The molecule has 4 aliphatic rings. The number of carbonyl (C=O) groups is 4. The minimum atomic E-state index is 0.0467. The number of benzene rings is 8. The molecule has 0 aliphatic heterocycles. The van der Waals surface area contributed by atoms with E-state index in [1.165, 1.54) is 5.56 Å². The Kier molecular flexibility index (Phi) is 15.2. The largest absolute Gasteiger partial charge is 0.324 e. The first-order valence-corrected chi connectivity index (χ1v) is 25.6. The van der Waals surface area contributed by atoms with Crippen LogP contribution >= 0.6 is 0 Å². The fourth-order valence-corrected chi connectivity index (χ4v) is 10.9. The summed E-state index contributed by atoms with van der Waals surface area (Å²) >= 11 is 0. The molecular weight excluding hydrogens is 939 g/mol. The number of nitriles is 3. The summed E-state index contributed by atoms with van der Waals surface area (Å²) < 4.78 is 0. The van der Waals surface area contributed by atoms with Crippen LogP contribution in [0.4, 0.5) is 5.69 Å².